The summed E-state index contributed by atoms with van der Waals surface area (Å²) in [7, 11) is 0. The van der Waals surface area contributed by atoms with E-state index in [9.17, 15) is 23.2 Å². The molecule has 206 valence electrons. The minimum atomic E-state index is -4.92. The van der Waals surface area contributed by atoms with Gasteiger partial charge in [-0.25, -0.2) is 4.79 Å². The van der Waals surface area contributed by atoms with Crippen LogP contribution in [0.3, 0.4) is 0 Å². The maximum atomic E-state index is 14.9. The maximum absolute atomic E-state index is 14.9. The lowest BCUT2D eigenvalue weighted by Gasteiger charge is -2.44. The van der Waals surface area contributed by atoms with E-state index in [-0.39, 0.29) is 28.5 Å². The summed E-state index contributed by atoms with van der Waals surface area (Å²) in [5.74, 6) is 0.411. The summed E-state index contributed by atoms with van der Waals surface area (Å²) in [5, 5.41) is 21.0. The Bertz CT molecular complexity index is 1460. The van der Waals surface area contributed by atoms with Crippen LogP contribution >= 0.6 is 11.8 Å². The van der Waals surface area contributed by atoms with Crippen molar-refractivity contribution in [2.75, 3.05) is 37.7 Å². The number of rotatable bonds is 6. The van der Waals surface area contributed by atoms with Gasteiger partial charge in [-0.3, -0.25) is 9.47 Å². The number of nitriles is 1. The average molecular weight is 568 g/mol. The third-order valence-electron chi connectivity index (χ3n) is 6.42. The highest BCUT2D eigenvalue weighted by Gasteiger charge is 2.62. The average Bonchev–Trinajstić information content (AvgIpc) is 3.40. The summed E-state index contributed by atoms with van der Waals surface area (Å²) >= 11 is 0.331. The monoisotopic (exact) mass is 567 g/mol. The summed E-state index contributed by atoms with van der Waals surface area (Å²) in [6.07, 6.45) is -3.55. The van der Waals surface area contributed by atoms with Crippen molar-refractivity contribution in [2.45, 2.75) is 11.0 Å². The number of nitrogens with zero attached hydrogens (tertiary/aromatic N) is 6. The van der Waals surface area contributed by atoms with Gasteiger partial charge in [-0.15, -0.1) is 16.8 Å². The lowest BCUT2D eigenvalue weighted by Crippen LogP contribution is -2.60. The van der Waals surface area contributed by atoms with Crippen molar-refractivity contribution in [1.29, 1.82) is 5.26 Å². The molecule has 2 aliphatic rings. The molecule has 0 unspecified atom stereocenters. The predicted molar refractivity (Wildman–Crippen MR) is 144 cm³/mol. The van der Waals surface area contributed by atoms with E-state index >= 15 is 0 Å². The van der Waals surface area contributed by atoms with Crippen LogP contribution in [0.2, 0.25) is 0 Å². The summed E-state index contributed by atoms with van der Waals surface area (Å²) in [4.78, 5) is 13.5. The molecule has 0 bridgehead atoms. The van der Waals surface area contributed by atoms with Crippen molar-refractivity contribution < 1.29 is 22.7 Å². The van der Waals surface area contributed by atoms with Gasteiger partial charge in [-0.2, -0.15) is 18.4 Å². The van der Waals surface area contributed by atoms with E-state index in [1.807, 2.05) is 17.0 Å². The van der Waals surface area contributed by atoms with E-state index in [1.54, 1.807) is 34.9 Å². The molecule has 40 heavy (non-hydrogen) atoms. The minimum Gasteiger partial charge on any atom is -0.378 e. The summed E-state index contributed by atoms with van der Waals surface area (Å²) in [6.45, 7) is 5.43. The Kier molecular flexibility index (Phi) is 7.55. The number of amides is 2. The van der Waals surface area contributed by atoms with Crippen LogP contribution in [0.15, 0.2) is 78.3 Å². The van der Waals surface area contributed by atoms with Gasteiger partial charge >= 0.3 is 12.2 Å². The first-order chi connectivity index (χ1) is 19.3. The van der Waals surface area contributed by atoms with Crippen LogP contribution < -0.4 is 10.2 Å². The van der Waals surface area contributed by atoms with Crippen molar-refractivity contribution in [3.8, 4) is 11.8 Å². The molecule has 2 amide bonds. The Morgan fingerprint density at radius 1 is 1.12 bits per heavy atom. The number of ether oxygens (including phenoxy) is 1. The first kappa shape index (κ1) is 27.3. The van der Waals surface area contributed by atoms with Gasteiger partial charge in [-0.05, 0) is 17.7 Å². The van der Waals surface area contributed by atoms with Gasteiger partial charge in [0, 0.05) is 19.6 Å². The van der Waals surface area contributed by atoms with Crippen molar-refractivity contribution in [3.05, 3.63) is 89.7 Å². The number of carbonyl (C=O) groups excluding carboxylic acids is 1. The number of morpholine rings is 1. The van der Waals surface area contributed by atoms with Crippen molar-refractivity contribution >= 4 is 29.3 Å². The van der Waals surface area contributed by atoms with Crippen LogP contribution in [0.1, 0.15) is 11.4 Å². The number of allylic oxidation sites excluding steroid dienone is 1. The van der Waals surface area contributed by atoms with Gasteiger partial charge in [0.25, 0.3) is 0 Å². The van der Waals surface area contributed by atoms with Crippen LogP contribution in [-0.2, 0) is 9.61 Å². The number of para-hydroxylation sites is 1. The van der Waals surface area contributed by atoms with Crippen LogP contribution in [0.5, 0.6) is 0 Å². The number of urea groups is 1. The number of anilines is 1. The molecule has 13 heteroatoms. The number of carbonyl (C=O) groups is 1. The molecule has 1 N–H and O–H groups in total. The zero-order chi connectivity index (χ0) is 28.3. The molecule has 3 heterocycles. The van der Waals surface area contributed by atoms with Crippen LogP contribution in [-0.4, -0.2) is 64.7 Å². The molecule has 1 atom stereocenters. The quantitative estimate of drug-likeness (QED) is 0.342. The lowest BCUT2D eigenvalue weighted by molar-refractivity contribution is -0.168. The molecular weight excluding hydrogens is 543 g/mol. The summed E-state index contributed by atoms with van der Waals surface area (Å²) < 4.78 is 51.7. The van der Waals surface area contributed by atoms with Crippen molar-refractivity contribution in [1.82, 2.24) is 25.0 Å². The topological polar surface area (TPSA) is 99.3 Å². The number of hydrogen-bond donors (Lipinski definition) is 1. The Morgan fingerprint density at radius 2 is 1.77 bits per heavy atom. The van der Waals surface area contributed by atoms with E-state index in [1.165, 1.54) is 30.3 Å². The molecule has 2 fully saturated rings. The third-order valence-corrected chi connectivity index (χ3v) is 7.91. The smallest absolute Gasteiger partial charge is 0.378 e. The number of halogens is 3. The second kappa shape index (κ2) is 11.1. The predicted octanol–water partition coefficient (Wildman–Crippen LogP) is 4.66. The van der Waals surface area contributed by atoms with E-state index in [2.05, 4.69) is 22.1 Å². The number of hydrogen-bond acceptors (Lipinski definition) is 7. The molecule has 5 rings (SSSR count). The van der Waals surface area contributed by atoms with Crippen molar-refractivity contribution in [3.63, 3.8) is 0 Å². The second-order valence-electron chi connectivity index (χ2n) is 8.86. The van der Waals surface area contributed by atoms with Gasteiger partial charge < -0.3 is 15.0 Å². The third kappa shape index (κ3) is 4.80. The molecule has 2 aromatic carbocycles. The number of alkyl halides is 3. The fourth-order valence-corrected chi connectivity index (χ4v) is 5.83. The highest BCUT2D eigenvalue weighted by molar-refractivity contribution is 8.04. The van der Waals surface area contributed by atoms with Gasteiger partial charge in [0.2, 0.25) is 10.8 Å². The SMILES string of the molecule is C=CCN1C(=O)N[C@@](c2ccccc2)(C(F)(F)F)S/C1=C(\C#N)c1nnc(N2CCOCC2)n1-c1ccccc1. The zero-order valence-corrected chi connectivity index (χ0v) is 22.0. The molecule has 0 aliphatic carbocycles. The summed E-state index contributed by atoms with van der Waals surface area (Å²) in [5.41, 5.74) is 0.178. The minimum absolute atomic E-state index is 0.00518. The number of nitrogens with one attached hydrogen (secondary N) is 1. The van der Waals surface area contributed by atoms with Gasteiger partial charge in [0.05, 0.1) is 18.9 Å². The molecule has 2 aliphatic heterocycles. The Labute approximate surface area is 232 Å². The fourth-order valence-electron chi connectivity index (χ4n) is 4.53. The fraction of sp³-hybridized carbons (Fsp3) is 0.259. The lowest BCUT2D eigenvalue weighted by atomic mass is 10.1. The first-order valence-corrected chi connectivity index (χ1v) is 13.1. The Balaban J connectivity index is 1.76. The van der Waals surface area contributed by atoms with Gasteiger partial charge in [-0.1, -0.05) is 66.4 Å². The second-order valence-corrected chi connectivity index (χ2v) is 10.1. The molecule has 0 saturated carbocycles. The molecule has 2 saturated heterocycles. The summed E-state index contributed by atoms with van der Waals surface area (Å²) in [6, 6.07) is 17.0. The molecule has 1 aromatic heterocycles. The van der Waals surface area contributed by atoms with E-state index in [0.717, 1.165) is 4.90 Å². The van der Waals surface area contributed by atoms with Crippen LogP contribution in [0.25, 0.3) is 11.3 Å². The van der Waals surface area contributed by atoms with Gasteiger partial charge in [0.15, 0.2) is 5.82 Å². The highest BCUT2D eigenvalue weighted by atomic mass is 32.2. The van der Waals surface area contributed by atoms with Gasteiger partial charge in [0.1, 0.15) is 16.7 Å². The maximum Gasteiger partial charge on any atom is 0.425 e. The zero-order valence-electron chi connectivity index (χ0n) is 21.1. The van der Waals surface area contributed by atoms with Crippen molar-refractivity contribution in [2.24, 2.45) is 0 Å². The molecule has 0 spiro atoms. The Hall–Kier alpha value is -4.28. The number of thioether (sulfide) groups is 1. The Morgan fingerprint density at radius 3 is 2.38 bits per heavy atom. The van der Waals surface area contributed by atoms with E-state index in [4.69, 9.17) is 4.74 Å². The first-order valence-electron chi connectivity index (χ1n) is 12.3. The van der Waals surface area contributed by atoms with Crippen LogP contribution in [0, 0.1) is 11.3 Å². The molecule has 3 aromatic rings. The normalized spacial score (nSPS) is 21.0. The number of benzene rings is 2. The van der Waals surface area contributed by atoms with Crippen LogP contribution in [0.4, 0.5) is 23.9 Å². The molecular formula is C27H24F3N7O2S. The highest BCUT2D eigenvalue weighted by Crippen LogP contribution is 2.54. The number of aromatic nitrogens is 3. The van der Waals surface area contributed by atoms with E-state index < -0.39 is 17.1 Å². The van der Waals surface area contributed by atoms with E-state index in [0.29, 0.717) is 49.7 Å². The molecule has 0 radical (unpaired) electrons. The largest absolute Gasteiger partial charge is 0.425 e. The standard InChI is InChI=1S/C27H24F3N7O2S/c1-2-13-36-23(40-26(27(28,29)30,32-25(36)38)19-9-5-3-6-10-19)21(18-31)22-33-34-24(35-14-16-39-17-15-35)37(22)20-11-7-4-8-12-20/h2-12H,1,13-17H2,(H,32,38)/b23-21+/t26-/m1/s1. The molecule has 9 nitrogen and oxygen atoms in total.